The van der Waals surface area contributed by atoms with Crippen LogP contribution in [0.2, 0.25) is 0 Å². The molecule has 0 fully saturated rings. The van der Waals surface area contributed by atoms with E-state index in [1.54, 1.807) is 0 Å². The predicted molar refractivity (Wildman–Crippen MR) is 266 cm³/mol. The fraction of sp³-hybridized carbons (Fsp3) is 0.0645. The zero-order valence-electron chi connectivity index (χ0n) is 35.7. The van der Waals surface area contributed by atoms with E-state index in [1.807, 2.05) is 0 Å². The van der Waals surface area contributed by atoms with Gasteiger partial charge in [0, 0.05) is 33.1 Å². The molecular weight excluding hydrogens is 775 g/mol. The Balaban J connectivity index is 1.14. The number of fused-ring (bicyclic) bond motifs is 11. The molecule has 0 N–H and O–H groups in total. The van der Waals surface area contributed by atoms with E-state index in [4.69, 9.17) is 4.42 Å². The summed E-state index contributed by atoms with van der Waals surface area (Å²) in [5.41, 5.74) is 19.4. The lowest BCUT2D eigenvalue weighted by Crippen LogP contribution is -2.28. The monoisotopic (exact) mass is 817 g/mol. The first-order chi connectivity index (χ1) is 31.5. The molecule has 2 aliphatic rings. The number of hydrogen-bond acceptors (Lipinski definition) is 2. The quantitative estimate of drug-likeness (QED) is 0.166. The van der Waals surface area contributed by atoms with Crippen LogP contribution in [0, 0.1) is 0 Å². The molecule has 1 aromatic heterocycles. The lowest BCUT2D eigenvalue weighted by Gasteiger charge is -2.35. The molecule has 0 spiro atoms. The number of nitrogens with zero attached hydrogens (tertiary/aromatic N) is 1. The Hall–Kier alpha value is -7.94. The molecule has 2 nitrogen and oxygen atoms in total. The second kappa shape index (κ2) is 13.8. The van der Waals surface area contributed by atoms with Gasteiger partial charge in [-0.3, -0.25) is 0 Å². The summed E-state index contributed by atoms with van der Waals surface area (Å²) in [6.07, 6.45) is 0. The normalized spacial score (nSPS) is 14.0. The Morgan fingerprint density at radius 2 is 0.906 bits per heavy atom. The van der Waals surface area contributed by atoms with Crippen molar-refractivity contribution in [3.8, 4) is 33.4 Å². The average molecular weight is 818 g/mol. The first kappa shape index (κ1) is 36.7. The van der Waals surface area contributed by atoms with Gasteiger partial charge in [-0.15, -0.1) is 0 Å². The van der Waals surface area contributed by atoms with Crippen LogP contribution in [0.5, 0.6) is 0 Å². The van der Waals surface area contributed by atoms with E-state index >= 15 is 0 Å². The molecule has 0 bridgehead atoms. The van der Waals surface area contributed by atoms with E-state index in [2.05, 4.69) is 243 Å². The van der Waals surface area contributed by atoms with Crippen LogP contribution in [0.1, 0.15) is 47.2 Å². The predicted octanol–water partition coefficient (Wildman–Crippen LogP) is 16.5. The van der Waals surface area contributed by atoms with E-state index in [9.17, 15) is 0 Å². The van der Waals surface area contributed by atoms with Crippen molar-refractivity contribution in [2.45, 2.75) is 24.7 Å². The first-order valence-corrected chi connectivity index (χ1v) is 22.3. The van der Waals surface area contributed by atoms with E-state index in [0.717, 1.165) is 60.9 Å². The van der Waals surface area contributed by atoms with Crippen LogP contribution in [-0.2, 0) is 10.8 Å². The molecule has 64 heavy (non-hydrogen) atoms. The highest BCUT2D eigenvalue weighted by Crippen LogP contribution is 2.58. The second-order valence-corrected chi connectivity index (χ2v) is 18.0. The van der Waals surface area contributed by atoms with Crippen LogP contribution < -0.4 is 4.90 Å². The maximum absolute atomic E-state index is 7.20. The molecule has 11 aromatic rings. The minimum absolute atomic E-state index is 0.184. The topological polar surface area (TPSA) is 16.4 Å². The summed E-state index contributed by atoms with van der Waals surface area (Å²) in [5.74, 6) is 0. The molecule has 0 unspecified atom stereocenters. The van der Waals surface area contributed by atoms with Crippen LogP contribution in [0.4, 0.5) is 17.1 Å². The maximum atomic E-state index is 7.20. The van der Waals surface area contributed by atoms with Gasteiger partial charge >= 0.3 is 0 Å². The molecule has 13 rings (SSSR count). The highest BCUT2D eigenvalue weighted by molar-refractivity contribution is 6.22. The Bertz CT molecular complexity index is 3600. The first-order valence-electron chi connectivity index (χ1n) is 22.3. The van der Waals surface area contributed by atoms with E-state index in [-0.39, 0.29) is 5.41 Å². The van der Waals surface area contributed by atoms with Crippen molar-refractivity contribution in [1.29, 1.82) is 0 Å². The number of rotatable bonds is 6. The van der Waals surface area contributed by atoms with Crippen LogP contribution >= 0.6 is 0 Å². The smallest absolute Gasteiger partial charge is 0.145 e. The van der Waals surface area contributed by atoms with Gasteiger partial charge in [0.15, 0.2) is 0 Å². The second-order valence-electron chi connectivity index (χ2n) is 18.0. The summed E-state index contributed by atoms with van der Waals surface area (Å²) in [4.78, 5) is 2.50. The Morgan fingerprint density at radius 1 is 0.375 bits per heavy atom. The van der Waals surface area contributed by atoms with Gasteiger partial charge in [-0.1, -0.05) is 196 Å². The van der Waals surface area contributed by atoms with Crippen molar-refractivity contribution in [3.63, 3.8) is 0 Å². The van der Waals surface area contributed by atoms with Crippen molar-refractivity contribution in [1.82, 2.24) is 0 Å². The number of benzene rings is 10. The third-order valence-corrected chi connectivity index (χ3v) is 14.3. The lowest BCUT2D eigenvalue weighted by atomic mass is 9.67. The van der Waals surface area contributed by atoms with E-state index in [0.29, 0.717) is 0 Å². The molecule has 2 aliphatic carbocycles. The standard InChI is InChI=1S/C62H43NO/c1-61(2)53-28-16-14-26-48(53)50-34-31-44(38-55(50)61)63(57-37-36-47(40-18-6-3-7-19-40)60-58(57)52-33-30-41-20-12-13-25-46(41)59(52)64-60)45-32-35-51-49-27-15-17-29-54(49)62(56(51)39-45,42-21-8-4-9-22-42)43-23-10-5-11-24-43/h3-39H,1-2H3. The molecule has 0 saturated carbocycles. The average Bonchev–Trinajstić information content (AvgIpc) is 3.97. The summed E-state index contributed by atoms with van der Waals surface area (Å²) < 4.78 is 7.20. The van der Waals surface area contributed by atoms with Crippen molar-refractivity contribution < 1.29 is 4.42 Å². The minimum atomic E-state index is -0.550. The SMILES string of the molecule is CC1(C)c2ccccc2-c2ccc(N(c3ccc4c(c3)C(c3ccccc3)(c3ccccc3)c3ccccc3-4)c3ccc(-c4ccccc4)c4oc5c6ccccc6ccc5c34)cc21. The van der Waals surface area contributed by atoms with Crippen molar-refractivity contribution in [2.24, 2.45) is 0 Å². The molecule has 0 aliphatic heterocycles. The van der Waals surface area contributed by atoms with Gasteiger partial charge in [0.05, 0.1) is 16.5 Å². The van der Waals surface area contributed by atoms with Crippen LogP contribution in [0.25, 0.3) is 66.1 Å². The van der Waals surface area contributed by atoms with Gasteiger partial charge in [0.2, 0.25) is 0 Å². The molecular formula is C62H43NO. The van der Waals surface area contributed by atoms with E-state index < -0.39 is 5.41 Å². The van der Waals surface area contributed by atoms with Gasteiger partial charge in [0.1, 0.15) is 11.2 Å². The molecule has 0 radical (unpaired) electrons. The summed E-state index contributed by atoms with van der Waals surface area (Å²) in [5, 5.41) is 4.45. The van der Waals surface area contributed by atoms with Crippen molar-refractivity contribution >= 4 is 49.8 Å². The van der Waals surface area contributed by atoms with Crippen LogP contribution in [0.15, 0.2) is 229 Å². The van der Waals surface area contributed by atoms with Crippen LogP contribution in [-0.4, -0.2) is 0 Å². The lowest BCUT2D eigenvalue weighted by molar-refractivity contribution is 0.660. The molecule has 0 amide bonds. The van der Waals surface area contributed by atoms with Gasteiger partial charge in [-0.05, 0) is 109 Å². The Morgan fingerprint density at radius 3 is 1.61 bits per heavy atom. The number of furan rings is 1. The van der Waals surface area contributed by atoms with Gasteiger partial charge in [-0.25, -0.2) is 0 Å². The summed E-state index contributed by atoms with van der Waals surface area (Å²) in [6.45, 7) is 4.74. The van der Waals surface area contributed by atoms with Gasteiger partial charge in [0.25, 0.3) is 0 Å². The fourth-order valence-corrected chi connectivity index (χ4v) is 11.5. The zero-order valence-corrected chi connectivity index (χ0v) is 35.7. The minimum Gasteiger partial charge on any atom is -0.455 e. The number of anilines is 3. The molecule has 0 saturated heterocycles. The van der Waals surface area contributed by atoms with E-state index in [1.165, 1.54) is 55.6 Å². The largest absolute Gasteiger partial charge is 0.455 e. The van der Waals surface area contributed by atoms with Crippen LogP contribution in [0.3, 0.4) is 0 Å². The molecule has 1 heterocycles. The maximum Gasteiger partial charge on any atom is 0.145 e. The zero-order chi connectivity index (χ0) is 42.6. The third kappa shape index (κ3) is 5.08. The summed E-state index contributed by atoms with van der Waals surface area (Å²) >= 11 is 0. The number of hydrogen-bond donors (Lipinski definition) is 0. The van der Waals surface area contributed by atoms with Gasteiger partial charge < -0.3 is 9.32 Å². The molecule has 0 atom stereocenters. The third-order valence-electron chi connectivity index (χ3n) is 14.3. The van der Waals surface area contributed by atoms with Crippen molar-refractivity contribution in [2.75, 3.05) is 4.90 Å². The molecule has 302 valence electrons. The summed E-state index contributed by atoms with van der Waals surface area (Å²) in [6, 6.07) is 82.7. The highest BCUT2D eigenvalue weighted by Gasteiger charge is 2.46. The highest BCUT2D eigenvalue weighted by atomic mass is 16.3. The molecule has 10 aromatic carbocycles. The fourth-order valence-electron chi connectivity index (χ4n) is 11.5. The Labute approximate surface area is 373 Å². The van der Waals surface area contributed by atoms with Crippen molar-refractivity contribution in [3.05, 3.63) is 258 Å². The van der Waals surface area contributed by atoms with Gasteiger partial charge in [-0.2, -0.15) is 0 Å². The molecule has 2 heteroatoms. The summed E-state index contributed by atoms with van der Waals surface area (Å²) in [7, 11) is 0. The Kier molecular flexibility index (Phi) is 7.90.